The van der Waals surface area contributed by atoms with E-state index in [1.54, 1.807) is 13.1 Å². The molecule has 4 rings (SSSR count). The fourth-order valence-corrected chi connectivity index (χ4v) is 3.61. The van der Waals surface area contributed by atoms with Crippen molar-refractivity contribution in [2.45, 2.75) is 33.9 Å². The summed E-state index contributed by atoms with van der Waals surface area (Å²) in [5, 5.41) is 13.3. The number of aryl methyl sites for hydroxylation is 3. The number of hydrogen-bond donors (Lipinski definition) is 1. The molecule has 0 bridgehead atoms. The van der Waals surface area contributed by atoms with Crippen molar-refractivity contribution < 1.29 is 14.1 Å². The molecule has 30 heavy (non-hydrogen) atoms. The second-order valence-corrected chi connectivity index (χ2v) is 7.55. The molecular formula is C21H21N5O3S. The highest BCUT2D eigenvalue weighted by Crippen LogP contribution is 2.26. The van der Waals surface area contributed by atoms with Crippen molar-refractivity contribution in [3.8, 4) is 17.0 Å². The van der Waals surface area contributed by atoms with E-state index in [-0.39, 0.29) is 18.2 Å². The van der Waals surface area contributed by atoms with Gasteiger partial charge in [-0.15, -0.1) is 11.3 Å². The Hall–Kier alpha value is -3.46. The van der Waals surface area contributed by atoms with E-state index in [0.29, 0.717) is 16.5 Å². The van der Waals surface area contributed by atoms with Gasteiger partial charge in [0.2, 0.25) is 0 Å². The minimum atomic E-state index is -0.389. The summed E-state index contributed by atoms with van der Waals surface area (Å²) in [7, 11) is 0. The smallest absolute Gasteiger partial charge is 0.280 e. The van der Waals surface area contributed by atoms with Crippen molar-refractivity contribution >= 4 is 22.4 Å². The van der Waals surface area contributed by atoms with Gasteiger partial charge in [-0.05, 0) is 32.4 Å². The van der Waals surface area contributed by atoms with Gasteiger partial charge in [0, 0.05) is 23.7 Å². The first-order valence-electron chi connectivity index (χ1n) is 9.48. The highest BCUT2D eigenvalue weighted by atomic mass is 32.1. The van der Waals surface area contributed by atoms with Crippen LogP contribution in [-0.4, -0.2) is 25.8 Å². The molecule has 0 aliphatic heterocycles. The first-order chi connectivity index (χ1) is 14.5. The summed E-state index contributed by atoms with van der Waals surface area (Å²) >= 11 is 1.34. The summed E-state index contributed by atoms with van der Waals surface area (Å²) in [5.41, 5.74) is 3.47. The molecule has 0 saturated heterocycles. The number of carbonyl (C=O) groups is 1. The fourth-order valence-electron chi connectivity index (χ4n) is 2.90. The number of rotatable bonds is 7. The first kappa shape index (κ1) is 19.8. The average molecular weight is 423 g/mol. The summed E-state index contributed by atoms with van der Waals surface area (Å²) in [5.74, 6) is 0.905. The van der Waals surface area contributed by atoms with Crippen LogP contribution < -0.4 is 10.1 Å². The molecule has 8 nitrogen and oxygen atoms in total. The number of hydrogen-bond acceptors (Lipinski definition) is 7. The lowest BCUT2D eigenvalue weighted by atomic mass is 10.2. The van der Waals surface area contributed by atoms with Crippen LogP contribution in [-0.2, 0) is 13.2 Å². The molecule has 154 valence electrons. The van der Waals surface area contributed by atoms with Crippen molar-refractivity contribution in [2.24, 2.45) is 0 Å². The largest absolute Gasteiger partial charge is 0.488 e. The Labute approximate surface area is 177 Å². The summed E-state index contributed by atoms with van der Waals surface area (Å²) in [4.78, 5) is 17.3. The van der Waals surface area contributed by atoms with Crippen molar-refractivity contribution in [2.75, 3.05) is 5.32 Å². The Morgan fingerprint density at radius 2 is 2.13 bits per heavy atom. The van der Waals surface area contributed by atoms with Crippen molar-refractivity contribution in [3.63, 3.8) is 0 Å². The summed E-state index contributed by atoms with van der Waals surface area (Å²) in [6.07, 6.45) is 3.68. The molecule has 0 spiro atoms. The quantitative estimate of drug-likeness (QED) is 0.471. The molecule has 0 aliphatic rings. The Morgan fingerprint density at radius 1 is 1.30 bits per heavy atom. The molecule has 0 aliphatic carbocycles. The van der Waals surface area contributed by atoms with Crippen LogP contribution >= 0.6 is 11.3 Å². The van der Waals surface area contributed by atoms with Crippen molar-refractivity contribution in [1.29, 1.82) is 0 Å². The third-order valence-corrected chi connectivity index (χ3v) is 5.40. The molecule has 0 saturated carbocycles. The Balaban J connectivity index is 1.47. The predicted octanol–water partition coefficient (Wildman–Crippen LogP) is 4.46. The zero-order valence-electron chi connectivity index (χ0n) is 16.9. The van der Waals surface area contributed by atoms with Gasteiger partial charge >= 0.3 is 0 Å². The van der Waals surface area contributed by atoms with Gasteiger partial charge in [0.05, 0.1) is 17.5 Å². The van der Waals surface area contributed by atoms with E-state index in [4.69, 9.17) is 9.26 Å². The predicted molar refractivity (Wildman–Crippen MR) is 114 cm³/mol. The average Bonchev–Trinajstić information content (AvgIpc) is 3.47. The number of ether oxygens (including phenoxy) is 1. The van der Waals surface area contributed by atoms with Crippen LogP contribution in [0.2, 0.25) is 0 Å². The summed E-state index contributed by atoms with van der Waals surface area (Å²) < 4.78 is 12.9. The third kappa shape index (κ3) is 4.11. The van der Waals surface area contributed by atoms with Crippen LogP contribution in [0.3, 0.4) is 0 Å². The lowest BCUT2D eigenvalue weighted by Crippen LogP contribution is -2.15. The minimum absolute atomic E-state index is 0.183. The van der Waals surface area contributed by atoms with Crippen LogP contribution in [0.4, 0.5) is 5.13 Å². The van der Waals surface area contributed by atoms with Gasteiger partial charge < -0.3 is 9.26 Å². The van der Waals surface area contributed by atoms with Gasteiger partial charge in [0.25, 0.3) is 5.91 Å². The highest BCUT2D eigenvalue weighted by Gasteiger charge is 2.22. The first-order valence-corrected chi connectivity index (χ1v) is 10.4. The number of para-hydroxylation sites is 1. The number of benzene rings is 1. The monoisotopic (exact) mass is 423 g/mol. The second-order valence-electron chi connectivity index (χ2n) is 6.70. The number of nitrogens with zero attached hydrogens (tertiary/aromatic N) is 4. The van der Waals surface area contributed by atoms with Gasteiger partial charge in [-0.25, -0.2) is 4.98 Å². The van der Waals surface area contributed by atoms with Gasteiger partial charge in [-0.2, -0.15) is 5.10 Å². The minimum Gasteiger partial charge on any atom is -0.488 e. The summed E-state index contributed by atoms with van der Waals surface area (Å²) in [6, 6.07) is 7.70. The lowest BCUT2D eigenvalue weighted by molar-refractivity contribution is 0.101. The molecule has 3 aromatic heterocycles. The van der Waals surface area contributed by atoms with Crippen molar-refractivity contribution in [1.82, 2.24) is 19.9 Å². The van der Waals surface area contributed by atoms with E-state index in [1.165, 1.54) is 11.3 Å². The standard InChI is InChI=1S/C21H21N5O3S/c1-4-26-10-15(9-22-26)17-12-30-21(23-17)24-20(27)19-16(14(3)29-25-19)11-28-18-8-6-5-7-13(18)2/h5-10,12H,4,11H2,1-3H3,(H,23,24,27). The van der Waals surface area contributed by atoms with E-state index in [2.05, 4.69) is 20.6 Å². The molecule has 1 N–H and O–H groups in total. The van der Waals surface area contributed by atoms with Gasteiger partial charge in [-0.3, -0.25) is 14.8 Å². The van der Waals surface area contributed by atoms with Crippen LogP contribution in [0.15, 0.2) is 46.6 Å². The third-order valence-electron chi connectivity index (χ3n) is 4.64. The maximum Gasteiger partial charge on any atom is 0.280 e. The zero-order chi connectivity index (χ0) is 21.1. The molecule has 1 aromatic carbocycles. The molecule has 1 amide bonds. The van der Waals surface area contributed by atoms with Gasteiger partial charge in [-0.1, -0.05) is 23.4 Å². The summed E-state index contributed by atoms with van der Waals surface area (Å²) in [6.45, 7) is 6.71. The Morgan fingerprint density at radius 3 is 2.90 bits per heavy atom. The second kappa shape index (κ2) is 8.50. The van der Waals surface area contributed by atoms with E-state index >= 15 is 0 Å². The van der Waals surface area contributed by atoms with Crippen LogP contribution in [0, 0.1) is 13.8 Å². The Bertz CT molecular complexity index is 1180. The molecule has 0 fully saturated rings. The Kier molecular flexibility index (Phi) is 5.62. The molecular weight excluding hydrogens is 402 g/mol. The number of nitrogens with one attached hydrogen (secondary N) is 1. The zero-order valence-corrected chi connectivity index (χ0v) is 17.7. The van der Waals surface area contributed by atoms with E-state index in [9.17, 15) is 4.79 Å². The molecule has 0 radical (unpaired) electrons. The van der Waals surface area contributed by atoms with E-state index < -0.39 is 0 Å². The number of anilines is 1. The number of carbonyl (C=O) groups excluding carboxylic acids is 1. The van der Waals surface area contributed by atoms with Gasteiger partial charge in [0.1, 0.15) is 18.1 Å². The molecule has 9 heteroatoms. The fraction of sp³-hybridized carbons (Fsp3) is 0.238. The highest BCUT2D eigenvalue weighted by molar-refractivity contribution is 7.14. The van der Waals surface area contributed by atoms with Crippen LogP contribution in [0.1, 0.15) is 34.3 Å². The molecule has 3 heterocycles. The van der Waals surface area contributed by atoms with Gasteiger partial charge in [0.15, 0.2) is 10.8 Å². The number of aromatic nitrogens is 4. The van der Waals surface area contributed by atoms with Crippen LogP contribution in [0.5, 0.6) is 5.75 Å². The van der Waals surface area contributed by atoms with E-state index in [0.717, 1.165) is 29.1 Å². The topological polar surface area (TPSA) is 95.1 Å². The SMILES string of the molecule is CCn1cc(-c2csc(NC(=O)c3noc(C)c3COc3ccccc3C)n2)cn1. The molecule has 0 atom stereocenters. The molecule has 4 aromatic rings. The maximum atomic E-state index is 12.8. The normalized spacial score (nSPS) is 10.9. The molecule has 0 unspecified atom stereocenters. The maximum absolute atomic E-state index is 12.8. The number of amides is 1. The van der Waals surface area contributed by atoms with Crippen molar-refractivity contribution in [3.05, 3.63) is 64.6 Å². The lowest BCUT2D eigenvalue weighted by Gasteiger charge is -2.08. The van der Waals surface area contributed by atoms with E-state index in [1.807, 2.05) is 54.4 Å². The number of thiazole rings is 1. The van der Waals surface area contributed by atoms with Crippen LogP contribution in [0.25, 0.3) is 11.3 Å².